The predicted molar refractivity (Wildman–Crippen MR) is 75.3 cm³/mol. The van der Waals surface area contributed by atoms with Gasteiger partial charge >= 0.3 is 0 Å². The summed E-state index contributed by atoms with van der Waals surface area (Å²) >= 11 is 1.63. The third-order valence-corrected chi connectivity index (χ3v) is 4.08. The number of thioether (sulfide) groups is 1. The fraction of sp³-hybridized carbons (Fsp3) is 0.462. The summed E-state index contributed by atoms with van der Waals surface area (Å²) in [6.45, 7) is 3.77. The molecule has 98 valence electrons. The molecule has 1 saturated heterocycles. The molecule has 2 N–H and O–H groups in total. The first-order valence-corrected chi connectivity index (χ1v) is 7.15. The van der Waals surface area contributed by atoms with E-state index in [1.807, 2.05) is 31.2 Å². The molecule has 0 spiro atoms. The maximum Gasteiger partial charge on any atom is 0.237 e. The lowest BCUT2D eigenvalue weighted by atomic mass is 10.2. The molecule has 4 nitrogen and oxygen atoms in total. The molecule has 1 aliphatic rings. The number of ether oxygens (including phenoxy) is 1. The van der Waals surface area contributed by atoms with E-state index in [2.05, 4.69) is 0 Å². The molecule has 1 fully saturated rings. The van der Waals surface area contributed by atoms with E-state index in [0.29, 0.717) is 30.7 Å². The lowest BCUT2D eigenvalue weighted by molar-refractivity contribution is -0.116. The summed E-state index contributed by atoms with van der Waals surface area (Å²) in [6, 6.07) is 7.65. The Morgan fingerprint density at radius 3 is 3.00 bits per heavy atom. The highest BCUT2D eigenvalue weighted by Crippen LogP contribution is 2.32. The van der Waals surface area contributed by atoms with Gasteiger partial charge in [-0.3, -0.25) is 4.79 Å². The Morgan fingerprint density at radius 2 is 2.28 bits per heavy atom. The molecular weight excluding hydrogens is 248 g/mol. The SMILES string of the molecule is CCOc1ccccc1N1CC(CN)SCC1=O. The van der Waals surface area contributed by atoms with E-state index in [1.54, 1.807) is 16.7 Å². The van der Waals surface area contributed by atoms with Gasteiger partial charge in [-0.15, -0.1) is 11.8 Å². The molecule has 1 aromatic carbocycles. The van der Waals surface area contributed by atoms with Crippen molar-refractivity contribution >= 4 is 23.4 Å². The molecule has 1 heterocycles. The van der Waals surface area contributed by atoms with Crippen LogP contribution in [-0.2, 0) is 4.79 Å². The summed E-state index contributed by atoms with van der Waals surface area (Å²) in [7, 11) is 0. The average Bonchev–Trinajstić information content (AvgIpc) is 2.41. The van der Waals surface area contributed by atoms with E-state index >= 15 is 0 Å². The van der Waals surface area contributed by atoms with Crippen molar-refractivity contribution < 1.29 is 9.53 Å². The number of carbonyl (C=O) groups excluding carboxylic acids is 1. The molecule has 0 aromatic heterocycles. The summed E-state index contributed by atoms with van der Waals surface area (Å²) in [6.07, 6.45) is 0. The van der Waals surface area contributed by atoms with Gasteiger partial charge in [0, 0.05) is 18.3 Å². The number of amides is 1. The molecule has 1 amide bonds. The van der Waals surface area contributed by atoms with Crippen LogP contribution in [-0.4, -0.2) is 36.6 Å². The first-order valence-electron chi connectivity index (χ1n) is 6.10. The zero-order valence-corrected chi connectivity index (χ0v) is 11.3. The maximum atomic E-state index is 12.0. The first-order chi connectivity index (χ1) is 8.76. The van der Waals surface area contributed by atoms with Crippen molar-refractivity contribution in [3.8, 4) is 5.75 Å². The number of rotatable bonds is 4. The number of hydrogen-bond donors (Lipinski definition) is 1. The second kappa shape index (κ2) is 6.11. The molecule has 0 aliphatic carbocycles. The number of carbonyl (C=O) groups is 1. The van der Waals surface area contributed by atoms with Crippen LogP contribution in [0.1, 0.15) is 6.92 Å². The van der Waals surface area contributed by atoms with E-state index in [1.165, 1.54) is 0 Å². The summed E-state index contributed by atoms with van der Waals surface area (Å²) in [5, 5.41) is 0.303. The Kier molecular flexibility index (Phi) is 4.49. The van der Waals surface area contributed by atoms with Crippen molar-refractivity contribution in [1.29, 1.82) is 0 Å². The fourth-order valence-electron chi connectivity index (χ4n) is 1.96. The van der Waals surface area contributed by atoms with Gasteiger partial charge in [-0.2, -0.15) is 0 Å². The average molecular weight is 266 g/mol. The minimum atomic E-state index is 0.122. The number of nitrogens with two attached hydrogens (primary N) is 1. The van der Waals surface area contributed by atoms with Crippen molar-refractivity contribution in [2.24, 2.45) is 5.73 Å². The molecule has 18 heavy (non-hydrogen) atoms. The highest BCUT2D eigenvalue weighted by molar-refractivity contribution is 8.00. The Hall–Kier alpha value is -1.20. The highest BCUT2D eigenvalue weighted by Gasteiger charge is 2.28. The summed E-state index contributed by atoms with van der Waals surface area (Å²) in [4.78, 5) is 13.8. The van der Waals surface area contributed by atoms with E-state index in [-0.39, 0.29) is 5.91 Å². The molecule has 0 bridgehead atoms. The molecule has 1 aliphatic heterocycles. The van der Waals surface area contributed by atoms with Crippen molar-refractivity contribution in [3.63, 3.8) is 0 Å². The van der Waals surface area contributed by atoms with Gasteiger partial charge in [0.25, 0.3) is 0 Å². The molecule has 1 aromatic rings. The molecule has 5 heteroatoms. The van der Waals surface area contributed by atoms with Crippen LogP contribution in [0.25, 0.3) is 0 Å². The highest BCUT2D eigenvalue weighted by atomic mass is 32.2. The number of hydrogen-bond acceptors (Lipinski definition) is 4. The van der Waals surface area contributed by atoms with Crippen LogP contribution in [0.3, 0.4) is 0 Å². The van der Waals surface area contributed by atoms with Crippen molar-refractivity contribution in [2.75, 3.05) is 30.3 Å². The van der Waals surface area contributed by atoms with Gasteiger partial charge in [0.05, 0.1) is 18.0 Å². The Morgan fingerprint density at radius 1 is 1.50 bits per heavy atom. The predicted octanol–water partition coefficient (Wildman–Crippen LogP) is 1.49. The smallest absolute Gasteiger partial charge is 0.237 e. The van der Waals surface area contributed by atoms with E-state index < -0.39 is 0 Å². The second-order valence-electron chi connectivity index (χ2n) is 4.07. The largest absolute Gasteiger partial charge is 0.492 e. The van der Waals surface area contributed by atoms with Crippen LogP contribution >= 0.6 is 11.8 Å². The van der Waals surface area contributed by atoms with Crippen LogP contribution < -0.4 is 15.4 Å². The van der Waals surface area contributed by atoms with Crippen LogP contribution in [0, 0.1) is 0 Å². The van der Waals surface area contributed by atoms with E-state index in [9.17, 15) is 4.79 Å². The first kappa shape index (κ1) is 13.2. The monoisotopic (exact) mass is 266 g/mol. The van der Waals surface area contributed by atoms with Gasteiger partial charge in [0.2, 0.25) is 5.91 Å². The minimum absolute atomic E-state index is 0.122. The standard InChI is InChI=1S/C13H18N2O2S/c1-2-17-12-6-4-3-5-11(12)15-8-10(7-14)18-9-13(15)16/h3-6,10H,2,7-9,14H2,1H3. The zero-order valence-electron chi connectivity index (χ0n) is 10.5. The van der Waals surface area contributed by atoms with E-state index in [0.717, 1.165) is 11.4 Å². The number of benzene rings is 1. The van der Waals surface area contributed by atoms with Gasteiger partial charge < -0.3 is 15.4 Å². The lowest BCUT2D eigenvalue weighted by Crippen LogP contribution is -2.45. The zero-order chi connectivity index (χ0) is 13.0. The molecular formula is C13H18N2O2S. The molecule has 0 saturated carbocycles. The Labute approximate surface area is 111 Å². The number of para-hydroxylation sites is 2. The summed E-state index contributed by atoms with van der Waals surface area (Å²) in [5.41, 5.74) is 6.55. The van der Waals surface area contributed by atoms with Gasteiger partial charge in [-0.25, -0.2) is 0 Å². The fourth-order valence-corrected chi connectivity index (χ4v) is 2.88. The van der Waals surface area contributed by atoms with Gasteiger partial charge in [-0.1, -0.05) is 12.1 Å². The molecule has 1 unspecified atom stereocenters. The topological polar surface area (TPSA) is 55.6 Å². The van der Waals surface area contributed by atoms with Crippen molar-refractivity contribution in [2.45, 2.75) is 12.2 Å². The summed E-state index contributed by atoms with van der Waals surface area (Å²) < 4.78 is 5.58. The normalized spacial score (nSPS) is 20.0. The molecule has 2 rings (SSSR count). The van der Waals surface area contributed by atoms with Crippen molar-refractivity contribution in [3.05, 3.63) is 24.3 Å². The van der Waals surface area contributed by atoms with Gasteiger partial charge in [0.15, 0.2) is 0 Å². The molecule has 0 radical (unpaired) electrons. The summed E-state index contributed by atoms with van der Waals surface area (Å²) in [5.74, 6) is 1.37. The second-order valence-corrected chi connectivity index (χ2v) is 5.36. The quantitative estimate of drug-likeness (QED) is 0.897. The third-order valence-electron chi connectivity index (χ3n) is 2.85. The van der Waals surface area contributed by atoms with Crippen LogP contribution in [0.2, 0.25) is 0 Å². The number of anilines is 1. The van der Waals surface area contributed by atoms with Crippen LogP contribution in [0.4, 0.5) is 5.69 Å². The Balaban J connectivity index is 2.25. The maximum absolute atomic E-state index is 12.0. The van der Waals surface area contributed by atoms with Gasteiger partial charge in [0.1, 0.15) is 5.75 Å². The van der Waals surface area contributed by atoms with Crippen molar-refractivity contribution in [1.82, 2.24) is 0 Å². The van der Waals surface area contributed by atoms with Gasteiger partial charge in [-0.05, 0) is 19.1 Å². The lowest BCUT2D eigenvalue weighted by Gasteiger charge is -2.32. The molecule has 1 atom stereocenters. The van der Waals surface area contributed by atoms with Crippen LogP contribution in [0.5, 0.6) is 5.75 Å². The Bertz CT molecular complexity index is 425. The minimum Gasteiger partial charge on any atom is -0.492 e. The third kappa shape index (κ3) is 2.79. The van der Waals surface area contributed by atoms with E-state index in [4.69, 9.17) is 10.5 Å². The number of nitrogens with zero attached hydrogens (tertiary/aromatic N) is 1. The van der Waals surface area contributed by atoms with Crippen LogP contribution in [0.15, 0.2) is 24.3 Å².